The zero-order valence-electron chi connectivity index (χ0n) is 13.8. The first kappa shape index (κ1) is 16.3. The Bertz CT molecular complexity index is 747. The quantitative estimate of drug-likeness (QED) is 0.837. The van der Waals surface area contributed by atoms with Crippen molar-refractivity contribution in [3.8, 4) is 0 Å². The fourth-order valence-electron chi connectivity index (χ4n) is 3.20. The smallest absolute Gasteiger partial charge is 0.258 e. The van der Waals surface area contributed by atoms with E-state index in [2.05, 4.69) is 17.1 Å². The predicted octanol–water partition coefficient (Wildman–Crippen LogP) is 4.04. The number of hydrogen-bond acceptors (Lipinski definition) is 3. The molecule has 4 nitrogen and oxygen atoms in total. The largest absolute Gasteiger partial charge is 0.399 e. The summed E-state index contributed by atoms with van der Waals surface area (Å²) in [6.07, 6.45) is 3.45. The van der Waals surface area contributed by atoms with Gasteiger partial charge < -0.3 is 16.0 Å². The van der Waals surface area contributed by atoms with E-state index >= 15 is 0 Å². The summed E-state index contributed by atoms with van der Waals surface area (Å²) < 4.78 is 13.8. The van der Waals surface area contributed by atoms with Crippen molar-refractivity contribution in [1.82, 2.24) is 0 Å². The molecule has 2 aromatic carbocycles. The minimum absolute atomic E-state index is 0.0255. The van der Waals surface area contributed by atoms with Crippen LogP contribution in [0.5, 0.6) is 0 Å². The number of carbonyl (C=O) groups is 1. The molecular weight excluding hydrogens is 305 g/mol. The maximum Gasteiger partial charge on any atom is 0.258 e. The molecule has 5 heteroatoms. The summed E-state index contributed by atoms with van der Waals surface area (Å²) in [6.45, 7) is 3.12. The Kier molecular flexibility index (Phi) is 4.69. The van der Waals surface area contributed by atoms with Crippen molar-refractivity contribution >= 4 is 23.0 Å². The Morgan fingerprint density at radius 3 is 2.79 bits per heavy atom. The number of nitrogens with two attached hydrogens (primary N) is 1. The second-order valence-corrected chi connectivity index (χ2v) is 6.25. The highest BCUT2D eigenvalue weighted by Crippen LogP contribution is 2.33. The number of hydrogen-bond donors (Lipinski definition) is 2. The van der Waals surface area contributed by atoms with Gasteiger partial charge in [0.2, 0.25) is 0 Å². The second kappa shape index (κ2) is 6.91. The van der Waals surface area contributed by atoms with Gasteiger partial charge in [-0.25, -0.2) is 4.39 Å². The van der Waals surface area contributed by atoms with Crippen LogP contribution in [0.25, 0.3) is 0 Å². The van der Waals surface area contributed by atoms with E-state index in [9.17, 15) is 9.18 Å². The van der Waals surface area contributed by atoms with E-state index in [1.165, 1.54) is 18.6 Å². The number of halogens is 1. The van der Waals surface area contributed by atoms with Crippen molar-refractivity contribution in [3.05, 3.63) is 53.8 Å². The molecule has 24 heavy (non-hydrogen) atoms. The molecule has 0 bridgehead atoms. The molecule has 1 aliphatic rings. The van der Waals surface area contributed by atoms with Gasteiger partial charge in [0.05, 0.1) is 16.9 Å². The lowest BCUT2D eigenvalue weighted by Crippen LogP contribution is -2.38. The highest BCUT2D eigenvalue weighted by Gasteiger charge is 2.22. The number of nitrogen functional groups attached to an aromatic ring is 1. The average Bonchev–Trinajstić information content (AvgIpc) is 2.56. The molecule has 0 unspecified atom stereocenters. The molecule has 0 saturated carbocycles. The van der Waals surface area contributed by atoms with Gasteiger partial charge in [-0.3, -0.25) is 4.79 Å². The molecule has 0 spiro atoms. The molecular formula is C19H22FN3O. The topological polar surface area (TPSA) is 58.4 Å². The van der Waals surface area contributed by atoms with Gasteiger partial charge in [-0.05, 0) is 56.5 Å². The van der Waals surface area contributed by atoms with Crippen LogP contribution < -0.4 is 16.0 Å². The molecule has 3 rings (SSSR count). The summed E-state index contributed by atoms with van der Waals surface area (Å²) >= 11 is 0. The minimum atomic E-state index is -0.535. The third-order valence-corrected chi connectivity index (χ3v) is 4.50. The SMILES string of the molecule is C[C@@H]1CCCCN1c1ccc(N)cc1NC(=O)c1ccccc1F. The lowest BCUT2D eigenvalue weighted by atomic mass is 10.0. The Morgan fingerprint density at radius 1 is 1.25 bits per heavy atom. The molecule has 1 atom stereocenters. The van der Waals surface area contributed by atoms with Crippen molar-refractivity contribution in [2.75, 3.05) is 22.5 Å². The van der Waals surface area contributed by atoms with Crippen LogP contribution in [0, 0.1) is 5.82 Å². The van der Waals surface area contributed by atoms with Gasteiger partial charge in [-0.1, -0.05) is 12.1 Å². The van der Waals surface area contributed by atoms with Crippen LogP contribution in [0.15, 0.2) is 42.5 Å². The van der Waals surface area contributed by atoms with Gasteiger partial charge in [0, 0.05) is 18.3 Å². The number of rotatable bonds is 3. The molecule has 1 saturated heterocycles. The number of nitrogens with zero attached hydrogens (tertiary/aromatic N) is 1. The van der Waals surface area contributed by atoms with Crippen LogP contribution >= 0.6 is 0 Å². The van der Waals surface area contributed by atoms with Gasteiger partial charge >= 0.3 is 0 Å². The lowest BCUT2D eigenvalue weighted by molar-refractivity contribution is 0.102. The van der Waals surface area contributed by atoms with E-state index in [0.717, 1.165) is 25.1 Å². The van der Waals surface area contributed by atoms with Crippen LogP contribution in [-0.2, 0) is 0 Å². The zero-order valence-corrected chi connectivity index (χ0v) is 13.8. The molecule has 126 valence electrons. The Balaban J connectivity index is 1.91. The van der Waals surface area contributed by atoms with E-state index < -0.39 is 11.7 Å². The molecule has 0 radical (unpaired) electrons. The second-order valence-electron chi connectivity index (χ2n) is 6.25. The molecule has 0 aromatic heterocycles. The van der Waals surface area contributed by atoms with Gasteiger partial charge in [-0.2, -0.15) is 0 Å². The van der Waals surface area contributed by atoms with Gasteiger partial charge in [-0.15, -0.1) is 0 Å². The first-order valence-electron chi connectivity index (χ1n) is 8.28. The molecule has 2 aromatic rings. The summed E-state index contributed by atoms with van der Waals surface area (Å²) in [5, 5.41) is 2.83. The van der Waals surface area contributed by atoms with Crippen molar-refractivity contribution in [2.45, 2.75) is 32.2 Å². The molecule has 3 N–H and O–H groups in total. The Morgan fingerprint density at radius 2 is 2.04 bits per heavy atom. The van der Waals surface area contributed by atoms with E-state index in [1.807, 2.05) is 12.1 Å². The van der Waals surface area contributed by atoms with E-state index in [1.54, 1.807) is 18.2 Å². The number of amides is 1. The molecule has 1 heterocycles. The maximum atomic E-state index is 13.8. The number of piperidine rings is 1. The van der Waals surface area contributed by atoms with E-state index in [4.69, 9.17) is 5.73 Å². The molecule has 0 aliphatic carbocycles. The van der Waals surface area contributed by atoms with Crippen LogP contribution in [0.2, 0.25) is 0 Å². The number of anilines is 3. The maximum absolute atomic E-state index is 13.8. The molecule has 1 aliphatic heterocycles. The Labute approximate surface area is 141 Å². The predicted molar refractivity (Wildman–Crippen MR) is 95.9 cm³/mol. The van der Waals surface area contributed by atoms with E-state index in [-0.39, 0.29) is 5.56 Å². The fourth-order valence-corrected chi connectivity index (χ4v) is 3.20. The third-order valence-electron chi connectivity index (χ3n) is 4.50. The van der Waals surface area contributed by atoms with Crippen LogP contribution in [0.4, 0.5) is 21.5 Å². The van der Waals surface area contributed by atoms with Gasteiger partial charge in [0.25, 0.3) is 5.91 Å². The summed E-state index contributed by atoms with van der Waals surface area (Å²) in [5.74, 6) is -1.00. The first-order chi connectivity index (χ1) is 11.6. The summed E-state index contributed by atoms with van der Waals surface area (Å²) in [4.78, 5) is 14.7. The van der Waals surface area contributed by atoms with Crippen molar-refractivity contribution in [3.63, 3.8) is 0 Å². The zero-order chi connectivity index (χ0) is 17.1. The number of carbonyl (C=O) groups excluding carboxylic acids is 1. The Hall–Kier alpha value is -2.56. The standard InChI is InChI=1S/C19H22FN3O/c1-13-6-4-5-11-23(13)18-10-9-14(21)12-17(18)22-19(24)15-7-2-3-8-16(15)20/h2-3,7-10,12-13H,4-6,11,21H2,1H3,(H,22,24)/t13-/m1/s1. The van der Waals surface area contributed by atoms with Crippen molar-refractivity contribution in [1.29, 1.82) is 0 Å². The number of nitrogens with one attached hydrogen (secondary N) is 1. The van der Waals surface area contributed by atoms with Crippen LogP contribution in [0.3, 0.4) is 0 Å². The summed E-state index contributed by atoms with van der Waals surface area (Å²) in [6, 6.07) is 11.8. The van der Waals surface area contributed by atoms with Crippen LogP contribution in [0.1, 0.15) is 36.5 Å². The van der Waals surface area contributed by atoms with Crippen molar-refractivity contribution in [2.24, 2.45) is 0 Å². The van der Waals surface area contributed by atoms with E-state index in [0.29, 0.717) is 17.4 Å². The summed E-state index contributed by atoms with van der Waals surface area (Å²) in [7, 11) is 0. The average molecular weight is 327 g/mol. The molecule has 1 amide bonds. The minimum Gasteiger partial charge on any atom is -0.399 e. The molecule has 1 fully saturated rings. The highest BCUT2D eigenvalue weighted by atomic mass is 19.1. The van der Waals surface area contributed by atoms with Gasteiger partial charge in [0.15, 0.2) is 0 Å². The van der Waals surface area contributed by atoms with Crippen molar-refractivity contribution < 1.29 is 9.18 Å². The highest BCUT2D eigenvalue weighted by molar-refractivity contribution is 6.06. The normalized spacial score (nSPS) is 17.6. The summed E-state index contributed by atoms with van der Waals surface area (Å²) in [5.41, 5.74) is 8.03. The third kappa shape index (κ3) is 3.35. The fraction of sp³-hybridized carbons (Fsp3) is 0.316. The monoisotopic (exact) mass is 327 g/mol. The lowest BCUT2D eigenvalue weighted by Gasteiger charge is -2.36. The first-order valence-corrected chi connectivity index (χ1v) is 8.28. The van der Waals surface area contributed by atoms with Gasteiger partial charge in [0.1, 0.15) is 5.82 Å². The van der Waals surface area contributed by atoms with Crippen LogP contribution in [-0.4, -0.2) is 18.5 Å². The number of benzene rings is 2.